The van der Waals surface area contributed by atoms with E-state index in [2.05, 4.69) is 4.74 Å². The highest BCUT2D eigenvalue weighted by Gasteiger charge is 2.54. The lowest BCUT2D eigenvalue weighted by Gasteiger charge is -2.25. The Kier molecular flexibility index (Phi) is 2.21. The summed E-state index contributed by atoms with van der Waals surface area (Å²) in [5.74, 6) is -1.63. The van der Waals surface area contributed by atoms with Gasteiger partial charge in [0.05, 0.1) is 18.9 Å². The summed E-state index contributed by atoms with van der Waals surface area (Å²) in [6, 6.07) is 0. The summed E-state index contributed by atoms with van der Waals surface area (Å²) in [5.41, 5.74) is 0. The van der Waals surface area contributed by atoms with Crippen molar-refractivity contribution in [1.29, 1.82) is 0 Å². The molecule has 4 nitrogen and oxygen atoms in total. The quantitative estimate of drug-likeness (QED) is 0.670. The van der Waals surface area contributed by atoms with Crippen molar-refractivity contribution in [2.45, 2.75) is 19.3 Å². The molecule has 2 fully saturated rings. The van der Waals surface area contributed by atoms with Crippen molar-refractivity contribution in [2.24, 2.45) is 23.7 Å². The normalized spacial score (nSPS) is 39.8. The molecule has 2 aliphatic carbocycles. The van der Waals surface area contributed by atoms with Gasteiger partial charge in [-0.25, -0.2) is 0 Å². The molecule has 14 heavy (non-hydrogen) atoms. The van der Waals surface area contributed by atoms with Gasteiger partial charge >= 0.3 is 11.9 Å². The summed E-state index contributed by atoms with van der Waals surface area (Å²) in [7, 11) is 1.33. The van der Waals surface area contributed by atoms with Gasteiger partial charge in [0, 0.05) is 0 Å². The third-order valence-electron chi connectivity index (χ3n) is 3.67. The Morgan fingerprint density at radius 1 is 1.21 bits per heavy atom. The summed E-state index contributed by atoms with van der Waals surface area (Å²) in [6.45, 7) is 0. The summed E-state index contributed by atoms with van der Waals surface area (Å²) in [6.07, 6.45) is 2.82. The minimum atomic E-state index is -0.840. The second kappa shape index (κ2) is 3.26. The highest BCUT2D eigenvalue weighted by atomic mass is 16.5. The number of carboxylic acid groups (broad SMARTS) is 1. The molecule has 0 aromatic rings. The minimum Gasteiger partial charge on any atom is -0.481 e. The van der Waals surface area contributed by atoms with E-state index in [4.69, 9.17) is 5.11 Å². The maximum absolute atomic E-state index is 11.4. The van der Waals surface area contributed by atoms with Crippen molar-refractivity contribution in [1.82, 2.24) is 0 Å². The standard InChI is InChI=1S/C10H14O4/c1-14-10(13)8-6-3-2-5(4-6)7(8)9(11)12/h5-8H,2-4H2,1H3,(H,11,12)/t5?,6?,7-,8+/m0/s1. The van der Waals surface area contributed by atoms with Crippen molar-refractivity contribution in [2.75, 3.05) is 7.11 Å². The first-order chi connectivity index (χ1) is 6.65. The third kappa shape index (κ3) is 1.21. The summed E-state index contributed by atoms with van der Waals surface area (Å²) < 4.78 is 4.66. The summed E-state index contributed by atoms with van der Waals surface area (Å²) in [4.78, 5) is 22.4. The molecule has 4 atom stereocenters. The molecule has 0 spiro atoms. The Morgan fingerprint density at radius 3 is 2.29 bits per heavy atom. The molecular weight excluding hydrogens is 184 g/mol. The van der Waals surface area contributed by atoms with Gasteiger partial charge in [-0.1, -0.05) is 0 Å². The van der Waals surface area contributed by atoms with Gasteiger partial charge in [0.2, 0.25) is 0 Å². The van der Waals surface area contributed by atoms with Crippen LogP contribution in [-0.4, -0.2) is 24.2 Å². The molecule has 0 heterocycles. The number of ether oxygens (including phenoxy) is 1. The maximum atomic E-state index is 11.4. The molecule has 0 aromatic heterocycles. The minimum absolute atomic E-state index is 0.196. The summed E-state index contributed by atoms with van der Waals surface area (Å²) in [5, 5.41) is 9.04. The fourth-order valence-corrected chi connectivity index (χ4v) is 3.12. The van der Waals surface area contributed by atoms with Crippen LogP contribution in [0.4, 0.5) is 0 Å². The molecule has 0 radical (unpaired) electrons. The number of carbonyl (C=O) groups excluding carboxylic acids is 1. The van der Waals surface area contributed by atoms with Gasteiger partial charge in [0.1, 0.15) is 0 Å². The molecule has 0 saturated heterocycles. The molecule has 78 valence electrons. The lowest BCUT2D eigenvalue weighted by Crippen LogP contribution is -2.35. The van der Waals surface area contributed by atoms with Crippen LogP contribution in [0.1, 0.15) is 19.3 Å². The smallest absolute Gasteiger partial charge is 0.309 e. The Labute approximate surface area is 82.2 Å². The number of hydrogen-bond acceptors (Lipinski definition) is 3. The highest BCUT2D eigenvalue weighted by Crippen LogP contribution is 2.52. The van der Waals surface area contributed by atoms with Crippen LogP contribution >= 0.6 is 0 Å². The predicted octanol–water partition coefficient (Wildman–Crippen LogP) is 0.906. The van der Waals surface area contributed by atoms with E-state index in [-0.39, 0.29) is 17.8 Å². The van der Waals surface area contributed by atoms with Crippen molar-refractivity contribution >= 4 is 11.9 Å². The molecular formula is C10H14O4. The first-order valence-electron chi connectivity index (χ1n) is 4.95. The average Bonchev–Trinajstić information content (AvgIpc) is 2.74. The van der Waals surface area contributed by atoms with Gasteiger partial charge < -0.3 is 9.84 Å². The predicted molar refractivity (Wildman–Crippen MR) is 47.5 cm³/mol. The largest absolute Gasteiger partial charge is 0.481 e. The molecule has 4 heteroatoms. The lowest BCUT2D eigenvalue weighted by atomic mass is 9.79. The van der Waals surface area contributed by atoms with Gasteiger partial charge in [-0.3, -0.25) is 9.59 Å². The number of carbonyl (C=O) groups is 2. The number of hydrogen-bond donors (Lipinski definition) is 1. The average molecular weight is 198 g/mol. The molecule has 2 bridgehead atoms. The van der Waals surface area contributed by atoms with Crippen LogP contribution in [0.25, 0.3) is 0 Å². The zero-order valence-electron chi connectivity index (χ0n) is 8.10. The van der Waals surface area contributed by atoms with E-state index < -0.39 is 17.8 Å². The van der Waals surface area contributed by atoms with Crippen molar-refractivity contribution in [3.05, 3.63) is 0 Å². The number of esters is 1. The van der Waals surface area contributed by atoms with Gasteiger partial charge in [-0.2, -0.15) is 0 Å². The van der Waals surface area contributed by atoms with Gasteiger partial charge in [-0.15, -0.1) is 0 Å². The SMILES string of the molecule is COC(=O)[C@@H]1C2CCC(C2)[C@@H]1C(=O)O. The third-order valence-corrected chi connectivity index (χ3v) is 3.67. The molecule has 1 N–H and O–H groups in total. The molecule has 0 amide bonds. The van der Waals surface area contributed by atoms with Gasteiger partial charge in [-0.05, 0) is 31.1 Å². The van der Waals surface area contributed by atoms with Crippen LogP contribution in [0.15, 0.2) is 0 Å². The van der Waals surface area contributed by atoms with Crippen molar-refractivity contribution in [3.63, 3.8) is 0 Å². The highest BCUT2D eigenvalue weighted by molar-refractivity contribution is 5.82. The van der Waals surface area contributed by atoms with E-state index in [0.29, 0.717) is 0 Å². The Bertz CT molecular complexity index is 273. The lowest BCUT2D eigenvalue weighted by molar-refractivity contribution is -0.158. The first kappa shape index (κ1) is 9.49. The van der Waals surface area contributed by atoms with E-state index in [1.54, 1.807) is 0 Å². The number of fused-ring (bicyclic) bond motifs is 2. The van der Waals surface area contributed by atoms with Crippen LogP contribution in [0.2, 0.25) is 0 Å². The zero-order valence-corrected chi connectivity index (χ0v) is 8.10. The second-order valence-electron chi connectivity index (χ2n) is 4.25. The molecule has 2 rings (SSSR count). The fourth-order valence-electron chi connectivity index (χ4n) is 3.12. The number of rotatable bonds is 2. The van der Waals surface area contributed by atoms with Crippen molar-refractivity contribution in [3.8, 4) is 0 Å². The monoisotopic (exact) mass is 198 g/mol. The molecule has 2 saturated carbocycles. The number of carboxylic acids is 1. The van der Waals surface area contributed by atoms with Crippen LogP contribution in [-0.2, 0) is 14.3 Å². The van der Waals surface area contributed by atoms with E-state index in [9.17, 15) is 9.59 Å². The molecule has 2 unspecified atom stereocenters. The van der Waals surface area contributed by atoms with Crippen LogP contribution in [0.3, 0.4) is 0 Å². The van der Waals surface area contributed by atoms with Crippen LogP contribution in [0, 0.1) is 23.7 Å². The number of aliphatic carboxylic acids is 1. The zero-order chi connectivity index (χ0) is 10.3. The molecule has 0 aliphatic heterocycles. The van der Waals surface area contributed by atoms with E-state index >= 15 is 0 Å². The fraction of sp³-hybridized carbons (Fsp3) is 0.800. The Hall–Kier alpha value is -1.06. The Morgan fingerprint density at radius 2 is 1.79 bits per heavy atom. The molecule has 0 aromatic carbocycles. The maximum Gasteiger partial charge on any atom is 0.309 e. The van der Waals surface area contributed by atoms with E-state index in [1.807, 2.05) is 0 Å². The van der Waals surface area contributed by atoms with Crippen LogP contribution < -0.4 is 0 Å². The molecule has 2 aliphatic rings. The Balaban J connectivity index is 2.21. The topological polar surface area (TPSA) is 63.6 Å². The van der Waals surface area contributed by atoms with Gasteiger partial charge in [0.25, 0.3) is 0 Å². The first-order valence-corrected chi connectivity index (χ1v) is 4.95. The second-order valence-corrected chi connectivity index (χ2v) is 4.25. The van der Waals surface area contributed by atoms with Crippen LogP contribution in [0.5, 0.6) is 0 Å². The van der Waals surface area contributed by atoms with E-state index in [0.717, 1.165) is 19.3 Å². The summed E-state index contributed by atoms with van der Waals surface area (Å²) >= 11 is 0. The van der Waals surface area contributed by atoms with Crippen molar-refractivity contribution < 1.29 is 19.4 Å². The van der Waals surface area contributed by atoms with Gasteiger partial charge in [0.15, 0.2) is 0 Å². The van der Waals surface area contributed by atoms with E-state index in [1.165, 1.54) is 7.11 Å². The number of methoxy groups -OCH3 is 1.